The number of aromatic nitrogens is 4. The number of hydrogen-bond acceptors (Lipinski definition) is 5. The van der Waals surface area contributed by atoms with E-state index in [0.29, 0.717) is 17.3 Å². The van der Waals surface area contributed by atoms with Gasteiger partial charge in [0.1, 0.15) is 0 Å². The van der Waals surface area contributed by atoms with Crippen LogP contribution < -0.4 is 0 Å². The minimum atomic E-state index is 0.0393. The molecule has 0 aliphatic carbocycles. The van der Waals surface area contributed by atoms with Crippen molar-refractivity contribution in [3.8, 4) is 5.82 Å². The fourth-order valence-electron chi connectivity index (χ4n) is 3.16. The summed E-state index contributed by atoms with van der Waals surface area (Å²) in [6.45, 7) is 3.59. The van der Waals surface area contributed by atoms with Gasteiger partial charge in [0.2, 0.25) is 0 Å². The number of thiazole rings is 1. The van der Waals surface area contributed by atoms with Crippen LogP contribution in [0.4, 0.5) is 0 Å². The van der Waals surface area contributed by atoms with Crippen molar-refractivity contribution in [3.63, 3.8) is 0 Å². The number of nitrogens with zero attached hydrogens (tertiary/aromatic N) is 5. The van der Waals surface area contributed by atoms with E-state index in [9.17, 15) is 4.79 Å². The lowest BCUT2D eigenvalue weighted by Gasteiger charge is -2.31. The number of carbonyl (C=O) groups excluding carboxylic acids is 1. The molecular formula is C18H19N5OS. The Bertz CT molecular complexity index is 856. The fourth-order valence-corrected chi connectivity index (χ4v) is 4.06. The zero-order valence-corrected chi connectivity index (χ0v) is 14.8. The molecule has 4 heterocycles. The van der Waals surface area contributed by atoms with E-state index < -0.39 is 0 Å². The molecule has 4 rings (SSSR count). The minimum absolute atomic E-state index is 0.0393. The number of piperidine rings is 1. The lowest BCUT2D eigenvalue weighted by Crippen LogP contribution is -2.39. The quantitative estimate of drug-likeness (QED) is 0.726. The summed E-state index contributed by atoms with van der Waals surface area (Å²) in [4.78, 5) is 24.8. The highest BCUT2D eigenvalue weighted by molar-refractivity contribution is 7.11. The van der Waals surface area contributed by atoms with Gasteiger partial charge in [-0.1, -0.05) is 0 Å². The van der Waals surface area contributed by atoms with E-state index >= 15 is 0 Å². The van der Waals surface area contributed by atoms with E-state index in [4.69, 9.17) is 0 Å². The van der Waals surface area contributed by atoms with Gasteiger partial charge in [-0.05, 0) is 38.0 Å². The van der Waals surface area contributed by atoms with Crippen LogP contribution in [0, 0.1) is 6.92 Å². The first-order valence-electron chi connectivity index (χ1n) is 8.38. The highest BCUT2D eigenvalue weighted by Gasteiger charge is 2.27. The number of likely N-dealkylation sites (tertiary alicyclic amines) is 1. The molecule has 0 bridgehead atoms. The van der Waals surface area contributed by atoms with Crippen LogP contribution in [-0.4, -0.2) is 43.6 Å². The smallest absolute Gasteiger partial charge is 0.255 e. The third-order valence-corrected chi connectivity index (χ3v) is 5.51. The van der Waals surface area contributed by atoms with Gasteiger partial charge in [0.25, 0.3) is 5.91 Å². The summed E-state index contributed by atoms with van der Waals surface area (Å²) >= 11 is 1.73. The first kappa shape index (κ1) is 16.0. The first-order valence-corrected chi connectivity index (χ1v) is 9.20. The first-order chi connectivity index (χ1) is 12.2. The maximum Gasteiger partial charge on any atom is 0.255 e. The van der Waals surface area contributed by atoms with Crippen LogP contribution in [0.25, 0.3) is 5.82 Å². The highest BCUT2D eigenvalue weighted by Crippen LogP contribution is 2.30. The molecule has 1 aliphatic heterocycles. The molecule has 1 aliphatic rings. The van der Waals surface area contributed by atoms with Crippen molar-refractivity contribution in [3.05, 3.63) is 58.4 Å². The van der Waals surface area contributed by atoms with Crippen molar-refractivity contribution in [2.24, 2.45) is 0 Å². The molecular weight excluding hydrogens is 334 g/mol. The highest BCUT2D eigenvalue weighted by atomic mass is 32.1. The largest absolute Gasteiger partial charge is 0.338 e. The predicted molar refractivity (Wildman–Crippen MR) is 96.1 cm³/mol. The van der Waals surface area contributed by atoms with Gasteiger partial charge in [-0.3, -0.25) is 4.79 Å². The van der Waals surface area contributed by atoms with Gasteiger partial charge in [0.15, 0.2) is 5.82 Å². The lowest BCUT2D eigenvalue weighted by molar-refractivity contribution is 0.0706. The molecule has 7 heteroatoms. The Labute approximate surface area is 150 Å². The van der Waals surface area contributed by atoms with E-state index in [-0.39, 0.29) is 5.91 Å². The summed E-state index contributed by atoms with van der Waals surface area (Å²) in [6, 6.07) is 5.49. The van der Waals surface area contributed by atoms with Crippen molar-refractivity contribution >= 4 is 17.2 Å². The van der Waals surface area contributed by atoms with Crippen molar-refractivity contribution in [2.45, 2.75) is 25.7 Å². The van der Waals surface area contributed by atoms with Gasteiger partial charge >= 0.3 is 0 Å². The molecule has 0 aromatic carbocycles. The van der Waals surface area contributed by atoms with Gasteiger partial charge in [0, 0.05) is 48.7 Å². The van der Waals surface area contributed by atoms with Gasteiger partial charge in [-0.15, -0.1) is 11.3 Å². The molecule has 1 amide bonds. The molecule has 3 aromatic heterocycles. The Hall–Kier alpha value is -2.54. The van der Waals surface area contributed by atoms with Crippen LogP contribution in [0.15, 0.2) is 43.0 Å². The zero-order valence-electron chi connectivity index (χ0n) is 14.0. The maximum atomic E-state index is 12.8. The van der Waals surface area contributed by atoms with Crippen LogP contribution in [0.3, 0.4) is 0 Å². The number of carbonyl (C=O) groups is 1. The van der Waals surface area contributed by atoms with Crippen LogP contribution in [-0.2, 0) is 0 Å². The molecule has 1 atom stereocenters. The van der Waals surface area contributed by atoms with Gasteiger partial charge in [0.05, 0.1) is 10.6 Å². The summed E-state index contributed by atoms with van der Waals surface area (Å²) in [7, 11) is 0. The Morgan fingerprint density at radius 3 is 2.88 bits per heavy atom. The number of amides is 1. The monoisotopic (exact) mass is 353 g/mol. The summed E-state index contributed by atoms with van der Waals surface area (Å²) in [6.07, 6.45) is 9.18. The van der Waals surface area contributed by atoms with Crippen LogP contribution >= 0.6 is 11.3 Å². The molecule has 0 spiro atoms. The summed E-state index contributed by atoms with van der Waals surface area (Å²) < 4.78 is 1.68. The molecule has 1 saturated heterocycles. The van der Waals surface area contributed by atoms with Crippen LogP contribution in [0.2, 0.25) is 0 Å². The normalized spacial score (nSPS) is 17.6. The van der Waals surface area contributed by atoms with Crippen molar-refractivity contribution in [1.29, 1.82) is 0 Å². The SMILES string of the molecule is Cc1cnc(C2CCCN(C(=O)c3ccc(-n4cccn4)nc3)C2)s1. The molecule has 3 aromatic rings. The minimum Gasteiger partial charge on any atom is -0.338 e. The average molecular weight is 353 g/mol. The molecule has 25 heavy (non-hydrogen) atoms. The molecule has 1 fully saturated rings. The molecule has 0 radical (unpaired) electrons. The Kier molecular flexibility index (Phi) is 4.31. The van der Waals surface area contributed by atoms with Crippen molar-refractivity contribution in [1.82, 2.24) is 24.6 Å². The van der Waals surface area contributed by atoms with E-state index in [2.05, 4.69) is 22.0 Å². The van der Waals surface area contributed by atoms with Crippen LogP contribution in [0.5, 0.6) is 0 Å². The number of pyridine rings is 1. The van der Waals surface area contributed by atoms with Gasteiger partial charge < -0.3 is 4.90 Å². The Balaban J connectivity index is 1.48. The second-order valence-electron chi connectivity index (χ2n) is 6.26. The second-order valence-corrected chi connectivity index (χ2v) is 7.52. The standard InChI is InChI=1S/C18H19N5OS/c1-13-10-20-17(25-13)15-4-2-8-22(12-15)18(24)14-5-6-16(19-11-14)23-9-3-7-21-23/h3,5-7,9-11,15H,2,4,8,12H2,1H3. The zero-order chi connectivity index (χ0) is 17.2. The summed E-state index contributed by atoms with van der Waals surface area (Å²) in [5, 5.41) is 5.29. The molecule has 0 N–H and O–H groups in total. The van der Waals surface area contributed by atoms with E-state index in [1.807, 2.05) is 35.5 Å². The average Bonchev–Trinajstić information content (AvgIpc) is 3.33. The molecule has 6 nitrogen and oxygen atoms in total. The van der Waals surface area contributed by atoms with Crippen LogP contribution in [0.1, 0.15) is 39.0 Å². The topological polar surface area (TPSA) is 63.9 Å². The predicted octanol–water partition coefficient (Wildman–Crippen LogP) is 3.05. The van der Waals surface area contributed by atoms with Crippen molar-refractivity contribution < 1.29 is 4.79 Å². The third-order valence-electron chi connectivity index (χ3n) is 4.43. The number of hydrogen-bond donors (Lipinski definition) is 0. The summed E-state index contributed by atoms with van der Waals surface area (Å²) in [5.74, 6) is 1.08. The number of aryl methyl sites for hydroxylation is 1. The second kappa shape index (κ2) is 6.76. The van der Waals surface area contributed by atoms with E-state index in [0.717, 1.165) is 30.9 Å². The van der Waals surface area contributed by atoms with Crippen molar-refractivity contribution in [2.75, 3.05) is 13.1 Å². The molecule has 0 saturated carbocycles. The van der Waals surface area contributed by atoms with E-state index in [1.54, 1.807) is 28.4 Å². The summed E-state index contributed by atoms with van der Waals surface area (Å²) in [5.41, 5.74) is 0.617. The van der Waals surface area contributed by atoms with E-state index in [1.165, 1.54) is 4.88 Å². The molecule has 1 unspecified atom stereocenters. The van der Waals surface area contributed by atoms with Gasteiger partial charge in [-0.2, -0.15) is 5.10 Å². The lowest BCUT2D eigenvalue weighted by atomic mass is 9.98. The molecule has 128 valence electrons. The maximum absolute atomic E-state index is 12.8. The third kappa shape index (κ3) is 3.32. The fraction of sp³-hybridized carbons (Fsp3) is 0.333. The Morgan fingerprint density at radius 1 is 1.28 bits per heavy atom. The Morgan fingerprint density at radius 2 is 2.20 bits per heavy atom. The number of rotatable bonds is 3. The van der Waals surface area contributed by atoms with Gasteiger partial charge in [-0.25, -0.2) is 14.6 Å².